The Morgan fingerprint density at radius 3 is 2.24 bits per heavy atom. The number of fused-ring (bicyclic) bond motifs is 1. The summed E-state index contributed by atoms with van der Waals surface area (Å²) in [6.45, 7) is -0.695. The molecule has 9 N–H and O–H groups in total. The van der Waals surface area contributed by atoms with Crippen molar-refractivity contribution in [3.8, 4) is 34.5 Å². The largest absolute Gasteiger partial charge is 0.507 e. The molecule has 2 heterocycles. The molecule has 12 heteroatoms. The van der Waals surface area contributed by atoms with E-state index < -0.39 is 72.5 Å². The van der Waals surface area contributed by atoms with E-state index >= 15 is 0 Å². The highest BCUT2D eigenvalue weighted by molar-refractivity contribution is 5.62. The quantitative estimate of drug-likeness (QED) is 0.240. The lowest BCUT2D eigenvalue weighted by Crippen LogP contribution is -2.60. The summed E-state index contributed by atoms with van der Waals surface area (Å²) in [5, 5.41) is 90.1. The summed E-state index contributed by atoms with van der Waals surface area (Å²) >= 11 is 0. The van der Waals surface area contributed by atoms with Gasteiger partial charge < -0.3 is 60.2 Å². The Balaban J connectivity index is 1.70. The first kappa shape index (κ1) is 23.2. The number of aromatic hydroxyl groups is 4. The fourth-order valence-electron chi connectivity index (χ4n) is 3.90. The first-order chi connectivity index (χ1) is 15.6. The predicted octanol–water partition coefficient (Wildman–Crippen LogP) is -1.28. The summed E-state index contributed by atoms with van der Waals surface area (Å²) in [6, 6.07) is 4.70. The van der Waals surface area contributed by atoms with Crippen molar-refractivity contribution in [1.82, 2.24) is 0 Å². The normalized spacial score (nSPS) is 31.5. The molecule has 0 amide bonds. The molecule has 7 atom stereocenters. The fourth-order valence-corrected chi connectivity index (χ4v) is 3.90. The summed E-state index contributed by atoms with van der Waals surface area (Å²) < 4.78 is 16.7. The maximum Gasteiger partial charge on any atom is 0.229 e. The Labute approximate surface area is 186 Å². The van der Waals surface area contributed by atoms with Gasteiger partial charge in [0.2, 0.25) is 12.0 Å². The number of hydrogen-bond acceptors (Lipinski definition) is 12. The summed E-state index contributed by atoms with van der Waals surface area (Å²) in [7, 11) is 0. The zero-order valence-corrected chi connectivity index (χ0v) is 17.0. The van der Waals surface area contributed by atoms with Crippen LogP contribution in [-0.2, 0) is 11.2 Å². The minimum Gasteiger partial charge on any atom is -0.507 e. The summed E-state index contributed by atoms with van der Waals surface area (Å²) in [6.07, 6.45) is -10.5. The van der Waals surface area contributed by atoms with Gasteiger partial charge >= 0.3 is 0 Å². The Morgan fingerprint density at radius 1 is 0.848 bits per heavy atom. The summed E-state index contributed by atoms with van der Waals surface area (Å²) in [4.78, 5) is 0. The number of ether oxygens (including phenoxy) is 3. The van der Waals surface area contributed by atoms with E-state index in [0.717, 1.165) is 6.07 Å². The highest BCUT2D eigenvalue weighted by Gasteiger charge is 2.46. The van der Waals surface area contributed by atoms with E-state index in [1.54, 1.807) is 0 Å². The van der Waals surface area contributed by atoms with Crippen LogP contribution >= 0.6 is 0 Å². The monoisotopic (exact) mass is 468 g/mol. The van der Waals surface area contributed by atoms with Gasteiger partial charge in [0.1, 0.15) is 30.2 Å². The van der Waals surface area contributed by atoms with Crippen LogP contribution < -0.4 is 9.47 Å². The number of aliphatic hydroxyl groups is 5. The van der Waals surface area contributed by atoms with Gasteiger partial charge in [-0.3, -0.25) is 0 Å². The van der Waals surface area contributed by atoms with Gasteiger partial charge in [0.15, 0.2) is 29.1 Å². The molecule has 0 aliphatic carbocycles. The predicted molar refractivity (Wildman–Crippen MR) is 107 cm³/mol. The van der Waals surface area contributed by atoms with Gasteiger partial charge in [0, 0.05) is 18.1 Å². The zero-order chi connectivity index (χ0) is 24.0. The first-order valence-electron chi connectivity index (χ1n) is 10.0. The van der Waals surface area contributed by atoms with Crippen molar-refractivity contribution in [3.05, 3.63) is 35.4 Å². The minimum atomic E-state index is -1.77. The van der Waals surface area contributed by atoms with E-state index in [1.165, 1.54) is 18.2 Å². The van der Waals surface area contributed by atoms with Crippen LogP contribution in [0.15, 0.2) is 24.3 Å². The third kappa shape index (κ3) is 4.08. The van der Waals surface area contributed by atoms with Crippen LogP contribution in [0.5, 0.6) is 34.5 Å². The van der Waals surface area contributed by atoms with E-state index in [2.05, 4.69) is 0 Å². The van der Waals surface area contributed by atoms with Crippen LogP contribution in [0.25, 0.3) is 0 Å². The van der Waals surface area contributed by atoms with Gasteiger partial charge in [-0.2, -0.15) is 0 Å². The lowest BCUT2D eigenvalue weighted by atomic mass is 9.93. The van der Waals surface area contributed by atoms with E-state index in [9.17, 15) is 46.0 Å². The van der Waals surface area contributed by atoms with Crippen LogP contribution in [0.3, 0.4) is 0 Å². The summed E-state index contributed by atoms with van der Waals surface area (Å²) in [5.74, 6) is -2.46. The van der Waals surface area contributed by atoms with Gasteiger partial charge in [-0.1, -0.05) is 6.07 Å². The third-order valence-corrected chi connectivity index (χ3v) is 5.71. The topological polar surface area (TPSA) is 210 Å². The zero-order valence-electron chi connectivity index (χ0n) is 17.0. The molecule has 4 rings (SSSR count). The van der Waals surface area contributed by atoms with E-state index in [4.69, 9.17) is 14.2 Å². The molecule has 2 aromatic rings. The van der Waals surface area contributed by atoms with E-state index in [0.29, 0.717) is 0 Å². The molecule has 1 fully saturated rings. The van der Waals surface area contributed by atoms with Crippen LogP contribution in [0.2, 0.25) is 0 Å². The molecular formula is C21H24O12. The molecule has 180 valence electrons. The van der Waals surface area contributed by atoms with Crippen LogP contribution in [0, 0.1) is 0 Å². The van der Waals surface area contributed by atoms with Crippen molar-refractivity contribution in [3.63, 3.8) is 0 Å². The van der Waals surface area contributed by atoms with Crippen LogP contribution in [0.1, 0.15) is 17.2 Å². The van der Waals surface area contributed by atoms with Crippen LogP contribution in [-0.4, -0.2) is 89.4 Å². The Kier molecular flexibility index (Phi) is 6.14. The molecule has 0 bridgehead atoms. The molecule has 2 aromatic carbocycles. The lowest BCUT2D eigenvalue weighted by Gasteiger charge is -2.40. The van der Waals surface area contributed by atoms with Crippen molar-refractivity contribution in [2.75, 3.05) is 6.61 Å². The molecule has 2 aliphatic rings. The van der Waals surface area contributed by atoms with Gasteiger partial charge in [-0.05, 0) is 17.7 Å². The number of hydrogen-bond donors (Lipinski definition) is 9. The second kappa shape index (κ2) is 8.74. The number of phenols is 4. The van der Waals surface area contributed by atoms with Gasteiger partial charge in [0.05, 0.1) is 12.7 Å². The summed E-state index contributed by atoms with van der Waals surface area (Å²) in [5.41, 5.74) is 0.337. The average molecular weight is 468 g/mol. The van der Waals surface area contributed by atoms with Crippen molar-refractivity contribution >= 4 is 0 Å². The smallest absolute Gasteiger partial charge is 0.229 e. The number of aliphatic hydroxyl groups excluding tert-OH is 5. The average Bonchev–Trinajstić information content (AvgIpc) is 2.78. The number of benzene rings is 2. The van der Waals surface area contributed by atoms with Gasteiger partial charge in [-0.25, -0.2) is 0 Å². The highest BCUT2D eigenvalue weighted by Crippen LogP contribution is 2.51. The maximum atomic E-state index is 10.6. The highest BCUT2D eigenvalue weighted by atomic mass is 16.7. The second-order valence-electron chi connectivity index (χ2n) is 7.92. The molecule has 1 saturated heterocycles. The number of rotatable bonds is 4. The molecule has 0 radical (unpaired) electrons. The fraction of sp³-hybridized carbons (Fsp3) is 0.429. The van der Waals surface area contributed by atoms with Crippen molar-refractivity contribution in [2.45, 2.75) is 49.3 Å². The molecule has 0 unspecified atom stereocenters. The van der Waals surface area contributed by atoms with E-state index in [-0.39, 0.29) is 29.0 Å². The lowest BCUT2D eigenvalue weighted by molar-refractivity contribution is -0.278. The number of phenolic OH excluding ortho intramolecular Hbond substituents is 4. The Hall–Kier alpha value is -3.00. The first-order valence-corrected chi connectivity index (χ1v) is 10.0. The molecule has 0 aromatic heterocycles. The van der Waals surface area contributed by atoms with Gasteiger partial charge in [-0.15, -0.1) is 0 Å². The van der Waals surface area contributed by atoms with Crippen LogP contribution in [0.4, 0.5) is 0 Å². The van der Waals surface area contributed by atoms with Crippen molar-refractivity contribution in [1.29, 1.82) is 0 Å². The molecule has 0 spiro atoms. The SMILES string of the molecule is OC[C@H]1O[C@H](Oc2c(O)cc(O)c3c2O[C@H](c2ccc(O)c(O)c2)[C@@H](O)C3)[C@H](O)[C@@H](O)[C@H]1O. The molecule has 0 saturated carbocycles. The maximum absolute atomic E-state index is 10.6. The Bertz CT molecular complexity index is 1020. The van der Waals surface area contributed by atoms with Crippen molar-refractivity contribution in [2.24, 2.45) is 0 Å². The molecule has 33 heavy (non-hydrogen) atoms. The second-order valence-corrected chi connectivity index (χ2v) is 7.92. The Morgan fingerprint density at radius 2 is 1.58 bits per heavy atom. The standard InChI is InChI=1S/C21H24O12/c22-6-14-15(28)16(29)17(30)21(31-14)33-20-13(27)5-10(24)8-4-12(26)18(32-19(8)20)7-1-2-9(23)11(25)3-7/h1-3,5,12,14-18,21-30H,4,6H2/t12-,14+,15-,16-,17+,18+,21+/m0/s1. The van der Waals surface area contributed by atoms with E-state index in [1.807, 2.05) is 0 Å². The molecular weight excluding hydrogens is 444 g/mol. The minimum absolute atomic E-state index is 0.0686. The van der Waals surface area contributed by atoms with Crippen molar-refractivity contribution < 1.29 is 60.2 Å². The molecule has 2 aliphatic heterocycles. The molecule has 12 nitrogen and oxygen atoms in total. The van der Waals surface area contributed by atoms with Gasteiger partial charge in [0.25, 0.3) is 0 Å². The third-order valence-electron chi connectivity index (χ3n) is 5.71.